The molecule has 6 nitrogen and oxygen atoms in total. The molecule has 6 heteroatoms. The number of nitrogens with zero attached hydrogens (tertiary/aromatic N) is 5. The number of aromatic amines is 1. The van der Waals surface area contributed by atoms with Crippen molar-refractivity contribution in [3.8, 4) is 45.1 Å². The van der Waals surface area contributed by atoms with Gasteiger partial charge in [-0.1, -0.05) is 106 Å². The summed E-state index contributed by atoms with van der Waals surface area (Å²) in [6.07, 6.45) is 5.68. The summed E-state index contributed by atoms with van der Waals surface area (Å²) in [4.78, 5) is 18.8. The maximum atomic E-state index is 5.63. The van der Waals surface area contributed by atoms with E-state index in [0.717, 1.165) is 78.2 Å². The van der Waals surface area contributed by atoms with Gasteiger partial charge in [-0.25, -0.2) is 9.97 Å². The Hall–Kier alpha value is -7.31. The molecule has 58 heavy (non-hydrogen) atoms. The summed E-state index contributed by atoms with van der Waals surface area (Å²) >= 11 is 0. The minimum absolute atomic E-state index is 0.0194. The summed E-state index contributed by atoms with van der Waals surface area (Å²) < 4.78 is 4.66. The molecule has 6 aromatic carbocycles. The number of H-pyrrole nitrogens is 1. The lowest BCUT2D eigenvalue weighted by Crippen LogP contribution is -2.15. The van der Waals surface area contributed by atoms with Gasteiger partial charge < -0.3 is 4.98 Å². The van der Waals surface area contributed by atoms with Gasteiger partial charge in [-0.2, -0.15) is 0 Å². The molecule has 0 aliphatic heterocycles. The van der Waals surface area contributed by atoms with Crippen LogP contribution in [-0.4, -0.2) is 29.1 Å². The summed E-state index contributed by atoms with van der Waals surface area (Å²) in [6, 6.07) is 52.0. The lowest BCUT2D eigenvalue weighted by Gasteiger charge is -2.23. The summed E-state index contributed by atoms with van der Waals surface area (Å²) in [7, 11) is 0. The van der Waals surface area contributed by atoms with E-state index in [0.29, 0.717) is 0 Å². The number of imidazole rings is 1. The average Bonchev–Trinajstić information content (AvgIpc) is 3.94. The van der Waals surface area contributed by atoms with Gasteiger partial charge in [0.05, 0.1) is 27.6 Å². The number of rotatable bonds is 5. The van der Waals surface area contributed by atoms with Crippen molar-refractivity contribution in [1.29, 1.82) is 0 Å². The first-order valence-electron chi connectivity index (χ1n) is 19.9. The molecule has 0 saturated heterocycles. The Kier molecular flexibility index (Phi) is 7.54. The Bertz CT molecular complexity index is 3380. The number of hydrogen-bond acceptors (Lipinski definition) is 3. The van der Waals surface area contributed by atoms with Crippen molar-refractivity contribution in [2.75, 3.05) is 0 Å². The van der Waals surface area contributed by atoms with Crippen LogP contribution in [0.2, 0.25) is 0 Å². The molecule has 0 unspecified atom stereocenters. The zero-order chi connectivity index (χ0) is 39.1. The highest BCUT2D eigenvalue weighted by Gasteiger charge is 2.24. The van der Waals surface area contributed by atoms with E-state index in [4.69, 9.17) is 9.97 Å². The third-order valence-electron chi connectivity index (χ3n) is 11.8. The van der Waals surface area contributed by atoms with E-state index in [1.807, 2.05) is 18.6 Å². The van der Waals surface area contributed by atoms with Crippen LogP contribution in [0.4, 0.5) is 0 Å². The summed E-state index contributed by atoms with van der Waals surface area (Å²) in [5.41, 5.74) is 15.4. The van der Waals surface area contributed by atoms with Crippen LogP contribution in [0, 0.1) is 6.92 Å². The van der Waals surface area contributed by atoms with E-state index in [9.17, 15) is 0 Å². The monoisotopic (exact) mass is 748 g/mol. The fraction of sp³-hybridized carbons (Fsp3) is 0.0962. The fourth-order valence-corrected chi connectivity index (χ4v) is 9.20. The van der Waals surface area contributed by atoms with Crippen molar-refractivity contribution in [1.82, 2.24) is 29.1 Å². The molecule has 1 N–H and O–H groups in total. The number of nitrogens with one attached hydrogen (secondary N) is 1. The lowest BCUT2D eigenvalue weighted by atomic mass is 9.85. The van der Waals surface area contributed by atoms with Gasteiger partial charge in [0.15, 0.2) is 0 Å². The van der Waals surface area contributed by atoms with Gasteiger partial charge in [-0.3, -0.25) is 14.1 Å². The molecule has 0 bridgehead atoms. The van der Waals surface area contributed by atoms with E-state index in [1.165, 1.54) is 32.7 Å². The maximum Gasteiger partial charge on any atom is 0.147 e. The van der Waals surface area contributed by atoms with Gasteiger partial charge in [0.1, 0.15) is 11.6 Å². The third-order valence-corrected chi connectivity index (χ3v) is 11.8. The minimum atomic E-state index is -0.0194. The van der Waals surface area contributed by atoms with Crippen LogP contribution in [0.3, 0.4) is 0 Å². The molecule has 0 spiro atoms. The van der Waals surface area contributed by atoms with Crippen LogP contribution < -0.4 is 0 Å². The molecule has 11 aromatic rings. The Morgan fingerprint density at radius 2 is 1.28 bits per heavy atom. The fourth-order valence-electron chi connectivity index (χ4n) is 9.20. The molecule has 0 aliphatic rings. The normalized spacial score (nSPS) is 12.1. The number of aromatic nitrogens is 6. The van der Waals surface area contributed by atoms with Crippen molar-refractivity contribution >= 4 is 54.6 Å². The first kappa shape index (κ1) is 34.0. The quantitative estimate of drug-likeness (QED) is 0.191. The second-order valence-corrected chi connectivity index (χ2v) is 16.2. The Morgan fingerprint density at radius 1 is 0.552 bits per heavy atom. The molecule has 0 amide bonds. The highest BCUT2D eigenvalue weighted by atomic mass is 15.1. The topological polar surface area (TPSA) is 64.3 Å². The maximum absolute atomic E-state index is 5.63. The van der Waals surface area contributed by atoms with Crippen LogP contribution in [0.5, 0.6) is 0 Å². The second-order valence-electron chi connectivity index (χ2n) is 16.2. The third kappa shape index (κ3) is 5.15. The van der Waals surface area contributed by atoms with E-state index in [2.05, 4.69) is 192 Å². The van der Waals surface area contributed by atoms with E-state index in [-0.39, 0.29) is 5.41 Å². The summed E-state index contributed by atoms with van der Waals surface area (Å²) in [5.74, 6) is 1.84. The van der Waals surface area contributed by atoms with Crippen molar-refractivity contribution < 1.29 is 0 Å². The molecule has 0 fully saturated rings. The highest BCUT2D eigenvalue weighted by Crippen LogP contribution is 2.43. The first-order valence-corrected chi connectivity index (χ1v) is 19.9. The van der Waals surface area contributed by atoms with Gasteiger partial charge in [0, 0.05) is 62.5 Å². The molecular formula is C52H40N6. The average molecular weight is 749 g/mol. The van der Waals surface area contributed by atoms with Crippen LogP contribution in [0.15, 0.2) is 164 Å². The number of hydrogen-bond donors (Lipinski definition) is 1. The number of para-hydroxylation sites is 4. The SMILES string of the molecule is Cc1c(C(C)(C)C)ccnc1-n1c2ccccc2c2ccc(-c3cccc4c3nc(-c3ccc(-c5ccncc5)c5c3[nH]c3ccccc35)n4-c3ccccc3)cc21. The predicted molar refractivity (Wildman–Crippen MR) is 240 cm³/mol. The Labute approximate surface area is 336 Å². The number of fused-ring (bicyclic) bond motifs is 7. The van der Waals surface area contributed by atoms with Gasteiger partial charge in [-0.05, 0) is 101 Å². The van der Waals surface area contributed by atoms with Crippen LogP contribution in [-0.2, 0) is 5.41 Å². The first-order chi connectivity index (χ1) is 28.3. The lowest BCUT2D eigenvalue weighted by molar-refractivity contribution is 0.584. The van der Waals surface area contributed by atoms with Crippen molar-refractivity contribution in [3.05, 3.63) is 175 Å². The van der Waals surface area contributed by atoms with Gasteiger partial charge in [-0.15, -0.1) is 0 Å². The number of pyridine rings is 2. The standard InChI is InChI=1S/C52H40N6/c1-32-42(52(2,3)4)27-30-54-50(32)58-44-19-11-9-15-38(44)39-22-21-34(31-46(39)58)37-17-12-20-45-48(37)56-51(57(45)35-13-6-5-7-14-35)41-24-23-36(33-25-28-53-29-26-33)47-40-16-8-10-18-43(40)55-49(41)47/h5-31,55H,1-4H3. The summed E-state index contributed by atoms with van der Waals surface area (Å²) in [6.45, 7) is 9.01. The van der Waals surface area contributed by atoms with E-state index >= 15 is 0 Å². The highest BCUT2D eigenvalue weighted by molar-refractivity contribution is 6.18. The zero-order valence-corrected chi connectivity index (χ0v) is 32.8. The van der Waals surface area contributed by atoms with Crippen LogP contribution >= 0.6 is 0 Å². The van der Waals surface area contributed by atoms with Gasteiger partial charge >= 0.3 is 0 Å². The van der Waals surface area contributed by atoms with Gasteiger partial charge in [0.2, 0.25) is 0 Å². The van der Waals surface area contributed by atoms with Gasteiger partial charge in [0.25, 0.3) is 0 Å². The molecule has 278 valence electrons. The Morgan fingerprint density at radius 3 is 2.10 bits per heavy atom. The van der Waals surface area contributed by atoms with Crippen LogP contribution in [0.25, 0.3) is 99.8 Å². The molecule has 0 aliphatic carbocycles. The molecular weight excluding hydrogens is 709 g/mol. The molecule has 5 aromatic heterocycles. The minimum Gasteiger partial charge on any atom is -0.354 e. The van der Waals surface area contributed by atoms with Crippen LogP contribution in [0.1, 0.15) is 31.9 Å². The van der Waals surface area contributed by atoms with E-state index in [1.54, 1.807) is 0 Å². The summed E-state index contributed by atoms with van der Waals surface area (Å²) in [5, 5.41) is 4.75. The predicted octanol–water partition coefficient (Wildman–Crippen LogP) is 13.2. The van der Waals surface area contributed by atoms with E-state index < -0.39 is 0 Å². The largest absolute Gasteiger partial charge is 0.354 e. The zero-order valence-electron chi connectivity index (χ0n) is 32.8. The van der Waals surface area contributed by atoms with Crippen molar-refractivity contribution in [2.45, 2.75) is 33.1 Å². The second kappa shape index (κ2) is 12.9. The van der Waals surface area contributed by atoms with Crippen molar-refractivity contribution in [3.63, 3.8) is 0 Å². The molecule has 5 heterocycles. The molecule has 0 radical (unpaired) electrons. The smallest absolute Gasteiger partial charge is 0.147 e. The Balaban J connectivity index is 1.18. The molecule has 0 saturated carbocycles. The molecule has 11 rings (SSSR count). The number of benzene rings is 6. The molecule has 0 atom stereocenters. The van der Waals surface area contributed by atoms with Crippen molar-refractivity contribution in [2.24, 2.45) is 0 Å².